The van der Waals surface area contributed by atoms with Crippen molar-refractivity contribution in [2.45, 2.75) is 12.6 Å². The van der Waals surface area contributed by atoms with Crippen molar-refractivity contribution in [3.05, 3.63) is 34.9 Å². The third kappa shape index (κ3) is 1.86. The summed E-state index contributed by atoms with van der Waals surface area (Å²) in [5.74, 6) is -0.336. The van der Waals surface area contributed by atoms with E-state index in [2.05, 4.69) is 4.74 Å². The summed E-state index contributed by atoms with van der Waals surface area (Å²) in [6.45, 7) is 1.04. The van der Waals surface area contributed by atoms with Crippen molar-refractivity contribution in [2.75, 3.05) is 13.7 Å². The molecule has 2 N–H and O–H groups in total. The molecule has 1 aromatic rings. The van der Waals surface area contributed by atoms with E-state index in [0.29, 0.717) is 18.8 Å². The number of ether oxygens (including phenoxy) is 2. The summed E-state index contributed by atoms with van der Waals surface area (Å²) in [6.07, 6.45) is 0. The Bertz CT molecular complexity index is 389. The highest BCUT2D eigenvalue weighted by molar-refractivity contribution is 5.89. The van der Waals surface area contributed by atoms with Gasteiger partial charge in [-0.15, -0.1) is 0 Å². The molecule has 0 unspecified atom stereocenters. The van der Waals surface area contributed by atoms with Crippen molar-refractivity contribution in [1.82, 2.24) is 0 Å². The molecule has 0 aliphatic carbocycles. The fraction of sp³-hybridized carbons (Fsp3) is 0.364. The van der Waals surface area contributed by atoms with Crippen molar-refractivity contribution >= 4 is 5.97 Å². The second kappa shape index (κ2) is 4.00. The first-order valence-electron chi connectivity index (χ1n) is 4.77. The average molecular weight is 207 g/mol. The quantitative estimate of drug-likeness (QED) is 0.698. The van der Waals surface area contributed by atoms with E-state index in [1.807, 2.05) is 6.07 Å². The van der Waals surface area contributed by atoms with Crippen LogP contribution in [0, 0.1) is 0 Å². The Morgan fingerprint density at radius 3 is 3.13 bits per heavy atom. The average Bonchev–Trinajstić information content (AvgIpc) is 2.28. The Morgan fingerprint density at radius 1 is 1.60 bits per heavy atom. The lowest BCUT2D eigenvalue weighted by Crippen LogP contribution is -2.23. The van der Waals surface area contributed by atoms with Gasteiger partial charge in [-0.2, -0.15) is 0 Å². The topological polar surface area (TPSA) is 61.5 Å². The van der Waals surface area contributed by atoms with Gasteiger partial charge in [0.2, 0.25) is 0 Å². The van der Waals surface area contributed by atoms with Gasteiger partial charge >= 0.3 is 5.97 Å². The standard InChI is InChI=1S/C11H13NO3/c1-14-11(13)7-2-3-9-8(4-7)5-15-6-10(9)12/h2-4,10H,5-6,12H2,1H3/t10-/m1/s1. The van der Waals surface area contributed by atoms with Gasteiger partial charge in [0.1, 0.15) is 0 Å². The molecule has 4 nitrogen and oxygen atoms in total. The fourth-order valence-corrected chi connectivity index (χ4v) is 1.72. The SMILES string of the molecule is COC(=O)c1ccc2c(c1)COC[C@H]2N. The second-order valence-electron chi connectivity index (χ2n) is 3.53. The molecular formula is C11H13NO3. The van der Waals surface area contributed by atoms with E-state index in [-0.39, 0.29) is 12.0 Å². The van der Waals surface area contributed by atoms with Gasteiger partial charge in [0.25, 0.3) is 0 Å². The lowest BCUT2D eigenvalue weighted by atomic mass is 9.97. The first-order valence-corrected chi connectivity index (χ1v) is 4.77. The summed E-state index contributed by atoms with van der Waals surface area (Å²) in [4.78, 5) is 11.3. The highest BCUT2D eigenvalue weighted by Crippen LogP contribution is 2.24. The van der Waals surface area contributed by atoms with E-state index < -0.39 is 0 Å². The highest BCUT2D eigenvalue weighted by atomic mass is 16.5. The fourth-order valence-electron chi connectivity index (χ4n) is 1.72. The van der Waals surface area contributed by atoms with Gasteiger partial charge in [-0.05, 0) is 23.3 Å². The molecule has 0 radical (unpaired) electrons. The summed E-state index contributed by atoms with van der Waals surface area (Å²) in [7, 11) is 1.37. The number of methoxy groups -OCH3 is 1. The largest absolute Gasteiger partial charge is 0.465 e. The number of benzene rings is 1. The first kappa shape index (κ1) is 10.1. The summed E-state index contributed by atoms with van der Waals surface area (Å²) in [6, 6.07) is 5.28. The van der Waals surface area contributed by atoms with E-state index in [1.54, 1.807) is 12.1 Å². The molecule has 15 heavy (non-hydrogen) atoms. The summed E-state index contributed by atoms with van der Waals surface area (Å²) >= 11 is 0. The molecule has 0 aromatic heterocycles. The Hall–Kier alpha value is -1.39. The Morgan fingerprint density at radius 2 is 2.40 bits per heavy atom. The number of carbonyl (C=O) groups is 1. The zero-order chi connectivity index (χ0) is 10.8. The van der Waals surface area contributed by atoms with Crippen LogP contribution in [0.1, 0.15) is 27.5 Å². The number of rotatable bonds is 1. The lowest BCUT2D eigenvalue weighted by Gasteiger charge is -2.22. The van der Waals surface area contributed by atoms with Crippen molar-refractivity contribution < 1.29 is 14.3 Å². The van der Waals surface area contributed by atoms with E-state index in [1.165, 1.54) is 7.11 Å². The number of esters is 1. The van der Waals surface area contributed by atoms with Gasteiger partial charge in [0, 0.05) is 0 Å². The molecule has 1 aliphatic heterocycles. The summed E-state index contributed by atoms with van der Waals surface area (Å²) in [5, 5.41) is 0. The molecule has 0 fully saturated rings. The molecule has 0 saturated heterocycles. The van der Waals surface area contributed by atoms with E-state index >= 15 is 0 Å². The summed E-state index contributed by atoms with van der Waals surface area (Å²) in [5.41, 5.74) is 8.42. The van der Waals surface area contributed by atoms with Crippen LogP contribution < -0.4 is 5.73 Å². The van der Waals surface area contributed by atoms with Gasteiger partial charge in [-0.1, -0.05) is 6.07 Å². The molecule has 0 saturated carbocycles. The van der Waals surface area contributed by atoms with Gasteiger partial charge in [0.15, 0.2) is 0 Å². The van der Waals surface area contributed by atoms with Crippen molar-refractivity contribution in [2.24, 2.45) is 5.73 Å². The van der Waals surface area contributed by atoms with Crippen LogP contribution in [0.2, 0.25) is 0 Å². The Labute approximate surface area is 88.0 Å². The van der Waals surface area contributed by atoms with Gasteiger partial charge in [-0.25, -0.2) is 4.79 Å². The van der Waals surface area contributed by atoms with E-state index in [9.17, 15) is 4.79 Å². The van der Waals surface area contributed by atoms with Crippen LogP contribution in [0.4, 0.5) is 0 Å². The van der Waals surface area contributed by atoms with Crippen LogP contribution in [-0.2, 0) is 16.1 Å². The number of carbonyl (C=O) groups excluding carboxylic acids is 1. The molecule has 1 atom stereocenters. The second-order valence-corrected chi connectivity index (χ2v) is 3.53. The molecule has 2 rings (SSSR count). The maximum atomic E-state index is 11.3. The van der Waals surface area contributed by atoms with Crippen LogP contribution in [0.5, 0.6) is 0 Å². The highest BCUT2D eigenvalue weighted by Gasteiger charge is 2.18. The van der Waals surface area contributed by atoms with Crippen LogP contribution in [0.3, 0.4) is 0 Å². The first-order chi connectivity index (χ1) is 7.22. The van der Waals surface area contributed by atoms with Gasteiger partial charge in [-0.3, -0.25) is 0 Å². The number of hydrogen-bond donors (Lipinski definition) is 1. The third-order valence-electron chi connectivity index (χ3n) is 2.52. The van der Waals surface area contributed by atoms with Crippen LogP contribution >= 0.6 is 0 Å². The summed E-state index contributed by atoms with van der Waals surface area (Å²) < 4.78 is 9.94. The smallest absolute Gasteiger partial charge is 0.337 e. The minimum atomic E-state index is -0.336. The van der Waals surface area contributed by atoms with Gasteiger partial charge in [0.05, 0.1) is 31.9 Å². The van der Waals surface area contributed by atoms with E-state index in [0.717, 1.165) is 11.1 Å². The maximum absolute atomic E-state index is 11.3. The molecule has 1 aliphatic rings. The van der Waals surface area contributed by atoms with E-state index in [4.69, 9.17) is 10.5 Å². The van der Waals surface area contributed by atoms with Crippen molar-refractivity contribution in [3.8, 4) is 0 Å². The molecule has 0 spiro atoms. The minimum Gasteiger partial charge on any atom is -0.465 e. The number of nitrogens with two attached hydrogens (primary N) is 1. The maximum Gasteiger partial charge on any atom is 0.337 e. The Kier molecular flexibility index (Phi) is 2.70. The van der Waals surface area contributed by atoms with Crippen molar-refractivity contribution in [1.29, 1.82) is 0 Å². The zero-order valence-electron chi connectivity index (χ0n) is 8.53. The minimum absolute atomic E-state index is 0.0968. The Balaban J connectivity index is 2.37. The molecule has 1 heterocycles. The normalized spacial score (nSPS) is 19.5. The van der Waals surface area contributed by atoms with Crippen LogP contribution in [-0.4, -0.2) is 19.7 Å². The zero-order valence-corrected chi connectivity index (χ0v) is 8.53. The number of hydrogen-bond acceptors (Lipinski definition) is 4. The monoisotopic (exact) mass is 207 g/mol. The molecule has 4 heteroatoms. The lowest BCUT2D eigenvalue weighted by molar-refractivity contribution is 0.0599. The molecular weight excluding hydrogens is 194 g/mol. The molecule has 80 valence electrons. The number of fused-ring (bicyclic) bond motifs is 1. The van der Waals surface area contributed by atoms with Gasteiger partial charge < -0.3 is 15.2 Å². The molecule has 1 aromatic carbocycles. The van der Waals surface area contributed by atoms with Crippen LogP contribution in [0.25, 0.3) is 0 Å². The van der Waals surface area contributed by atoms with Crippen LogP contribution in [0.15, 0.2) is 18.2 Å². The predicted octanol–water partition coefficient (Wildman–Crippen LogP) is 1.00. The molecule has 0 amide bonds. The molecule has 0 bridgehead atoms. The van der Waals surface area contributed by atoms with Crippen molar-refractivity contribution in [3.63, 3.8) is 0 Å². The predicted molar refractivity (Wildman–Crippen MR) is 54.4 cm³/mol. The third-order valence-corrected chi connectivity index (χ3v) is 2.52.